The minimum Gasteiger partial charge on any atom is -0.465 e. The van der Waals surface area contributed by atoms with Crippen LogP contribution in [-0.4, -0.2) is 65.6 Å². The second kappa shape index (κ2) is 9.51. The summed E-state index contributed by atoms with van der Waals surface area (Å²) in [5, 5.41) is 8.04. The number of nitrogens with zero attached hydrogens (tertiary/aromatic N) is 4. The number of hydrogen-bond acceptors (Lipinski definition) is 7. The Hall–Kier alpha value is -3.23. The molecule has 1 aliphatic rings. The van der Waals surface area contributed by atoms with Crippen molar-refractivity contribution in [2.24, 2.45) is 0 Å². The van der Waals surface area contributed by atoms with Gasteiger partial charge in [0.15, 0.2) is 5.82 Å². The van der Waals surface area contributed by atoms with E-state index in [-0.39, 0.29) is 0 Å². The second-order valence-electron chi connectivity index (χ2n) is 7.01. The Morgan fingerprint density at radius 1 is 1.17 bits per heavy atom. The Labute approximate surface area is 175 Å². The Kier molecular flexibility index (Phi) is 6.36. The molecule has 8 heteroatoms. The zero-order chi connectivity index (χ0) is 20.8. The van der Waals surface area contributed by atoms with Crippen LogP contribution in [0.3, 0.4) is 0 Å². The first-order chi connectivity index (χ1) is 14.7. The van der Waals surface area contributed by atoms with Gasteiger partial charge in [-0.25, -0.2) is 4.79 Å². The highest BCUT2D eigenvalue weighted by molar-refractivity contribution is 5.96. The molecule has 0 unspecified atom stereocenters. The van der Waals surface area contributed by atoms with E-state index in [0.29, 0.717) is 17.1 Å². The number of carbonyl (C=O) groups is 1. The van der Waals surface area contributed by atoms with Crippen LogP contribution >= 0.6 is 0 Å². The van der Waals surface area contributed by atoms with Gasteiger partial charge in [-0.2, -0.15) is 5.10 Å². The molecule has 0 radical (unpaired) electrons. The van der Waals surface area contributed by atoms with Crippen LogP contribution in [0.15, 0.2) is 55.0 Å². The van der Waals surface area contributed by atoms with Gasteiger partial charge in [0.1, 0.15) is 0 Å². The molecule has 0 atom stereocenters. The van der Waals surface area contributed by atoms with Crippen LogP contribution in [0.5, 0.6) is 0 Å². The Morgan fingerprint density at radius 3 is 2.73 bits per heavy atom. The highest BCUT2D eigenvalue weighted by atomic mass is 16.5. The van der Waals surface area contributed by atoms with Crippen LogP contribution in [0.1, 0.15) is 10.4 Å². The summed E-state index contributed by atoms with van der Waals surface area (Å²) in [6.07, 6.45) is 5.20. The van der Waals surface area contributed by atoms with Crippen molar-refractivity contribution in [3.8, 4) is 11.1 Å². The fourth-order valence-electron chi connectivity index (χ4n) is 3.44. The number of rotatable bonds is 7. The number of methoxy groups -OCH3 is 1. The fraction of sp³-hybridized carbons (Fsp3) is 0.318. The molecule has 1 N–H and O–H groups in total. The van der Waals surface area contributed by atoms with E-state index in [0.717, 1.165) is 50.5 Å². The Bertz CT molecular complexity index is 983. The number of aromatic nitrogens is 3. The largest absolute Gasteiger partial charge is 0.465 e. The summed E-state index contributed by atoms with van der Waals surface area (Å²) in [7, 11) is 1.36. The minimum absolute atomic E-state index is 0.411. The quantitative estimate of drug-likeness (QED) is 0.603. The number of anilines is 2. The summed E-state index contributed by atoms with van der Waals surface area (Å²) >= 11 is 0. The predicted molar refractivity (Wildman–Crippen MR) is 114 cm³/mol. The van der Waals surface area contributed by atoms with Crippen molar-refractivity contribution >= 4 is 17.5 Å². The van der Waals surface area contributed by atoms with Crippen molar-refractivity contribution in [1.82, 2.24) is 19.7 Å². The molecule has 0 spiro atoms. The molecule has 0 amide bonds. The van der Waals surface area contributed by atoms with E-state index >= 15 is 0 Å². The zero-order valence-corrected chi connectivity index (χ0v) is 17.0. The molecule has 0 aliphatic carbocycles. The van der Waals surface area contributed by atoms with Gasteiger partial charge in [0.05, 0.1) is 44.3 Å². The van der Waals surface area contributed by atoms with Crippen molar-refractivity contribution < 1.29 is 14.3 Å². The fourth-order valence-corrected chi connectivity index (χ4v) is 3.44. The van der Waals surface area contributed by atoms with Crippen LogP contribution in [0.4, 0.5) is 11.5 Å². The number of ether oxygens (including phenoxy) is 2. The van der Waals surface area contributed by atoms with Crippen molar-refractivity contribution in [2.75, 3.05) is 45.3 Å². The van der Waals surface area contributed by atoms with Gasteiger partial charge in [-0.05, 0) is 11.6 Å². The van der Waals surface area contributed by atoms with Gasteiger partial charge in [0, 0.05) is 37.6 Å². The van der Waals surface area contributed by atoms with Gasteiger partial charge in [-0.1, -0.05) is 30.3 Å². The maximum atomic E-state index is 12.1. The van der Waals surface area contributed by atoms with Crippen molar-refractivity contribution in [3.05, 3.63) is 60.6 Å². The van der Waals surface area contributed by atoms with E-state index in [2.05, 4.69) is 15.2 Å². The first-order valence-corrected chi connectivity index (χ1v) is 9.97. The highest BCUT2D eigenvalue weighted by Gasteiger charge is 2.17. The van der Waals surface area contributed by atoms with Gasteiger partial charge in [-0.15, -0.1) is 0 Å². The molecule has 8 nitrogen and oxygen atoms in total. The molecule has 1 aliphatic heterocycles. The molecule has 0 saturated carbocycles. The summed E-state index contributed by atoms with van der Waals surface area (Å²) in [5.41, 5.74) is 2.97. The lowest BCUT2D eigenvalue weighted by Crippen LogP contribution is -2.38. The topological polar surface area (TPSA) is 81.5 Å². The molecular formula is C22H25N5O3. The number of esters is 1. The molecular weight excluding hydrogens is 382 g/mol. The first-order valence-electron chi connectivity index (χ1n) is 9.97. The van der Waals surface area contributed by atoms with Crippen LogP contribution in [-0.2, 0) is 16.0 Å². The molecule has 1 aromatic carbocycles. The highest BCUT2D eigenvalue weighted by Crippen LogP contribution is 2.30. The lowest BCUT2D eigenvalue weighted by Gasteiger charge is -2.26. The van der Waals surface area contributed by atoms with Crippen LogP contribution < -0.4 is 5.32 Å². The van der Waals surface area contributed by atoms with Gasteiger partial charge in [0.2, 0.25) is 0 Å². The molecule has 30 heavy (non-hydrogen) atoms. The van der Waals surface area contributed by atoms with E-state index in [4.69, 9.17) is 14.6 Å². The number of carbonyl (C=O) groups excluding carboxylic acids is 1. The van der Waals surface area contributed by atoms with Crippen LogP contribution in [0.2, 0.25) is 0 Å². The average molecular weight is 407 g/mol. The molecule has 1 saturated heterocycles. The summed E-state index contributed by atoms with van der Waals surface area (Å²) in [6.45, 7) is 5.10. The smallest absolute Gasteiger partial charge is 0.340 e. The lowest BCUT2D eigenvalue weighted by atomic mass is 10.1. The van der Waals surface area contributed by atoms with E-state index in [1.807, 2.05) is 41.2 Å². The maximum Gasteiger partial charge on any atom is 0.340 e. The Balaban J connectivity index is 1.61. The summed E-state index contributed by atoms with van der Waals surface area (Å²) in [5.74, 6) is 0.245. The molecule has 2 aromatic heterocycles. The minimum atomic E-state index is -0.423. The second-order valence-corrected chi connectivity index (χ2v) is 7.01. The molecule has 156 valence electrons. The summed E-state index contributed by atoms with van der Waals surface area (Å²) < 4.78 is 12.3. The third kappa shape index (κ3) is 4.67. The van der Waals surface area contributed by atoms with Crippen LogP contribution in [0.25, 0.3) is 11.1 Å². The van der Waals surface area contributed by atoms with Gasteiger partial charge in [0.25, 0.3) is 0 Å². The third-order valence-electron chi connectivity index (χ3n) is 5.07. The van der Waals surface area contributed by atoms with Crippen LogP contribution in [0, 0.1) is 0 Å². The summed E-state index contributed by atoms with van der Waals surface area (Å²) in [4.78, 5) is 18.6. The zero-order valence-electron chi connectivity index (χ0n) is 17.0. The van der Waals surface area contributed by atoms with Crippen molar-refractivity contribution in [1.29, 1.82) is 0 Å². The summed E-state index contributed by atoms with van der Waals surface area (Å²) in [6, 6.07) is 11.7. The average Bonchev–Trinajstić information content (AvgIpc) is 3.21. The van der Waals surface area contributed by atoms with E-state index in [9.17, 15) is 4.79 Å². The SMILES string of the molecule is COC(=O)c1ccncc1Nc1nn(CCN2CCOCC2)cc1-c1ccccc1. The number of benzene rings is 1. The van der Waals surface area contributed by atoms with E-state index in [1.54, 1.807) is 18.5 Å². The molecule has 1 fully saturated rings. The third-order valence-corrected chi connectivity index (χ3v) is 5.07. The molecule has 0 bridgehead atoms. The van der Waals surface area contributed by atoms with Gasteiger partial charge >= 0.3 is 5.97 Å². The van der Waals surface area contributed by atoms with E-state index in [1.165, 1.54) is 7.11 Å². The number of nitrogens with one attached hydrogen (secondary N) is 1. The first kappa shape index (κ1) is 20.1. The van der Waals surface area contributed by atoms with Gasteiger partial charge in [-0.3, -0.25) is 14.6 Å². The number of pyridine rings is 1. The lowest BCUT2D eigenvalue weighted by molar-refractivity contribution is 0.0360. The maximum absolute atomic E-state index is 12.1. The standard InChI is InChI=1S/C22H25N5O3/c1-29-22(28)18-7-8-23-15-20(18)24-21-19(17-5-3-2-4-6-17)16-27(25-21)10-9-26-11-13-30-14-12-26/h2-8,15-16H,9-14H2,1H3,(H,24,25). The van der Waals surface area contributed by atoms with Crippen molar-refractivity contribution in [3.63, 3.8) is 0 Å². The van der Waals surface area contributed by atoms with Crippen molar-refractivity contribution in [2.45, 2.75) is 6.54 Å². The molecule has 4 rings (SSSR count). The number of hydrogen-bond donors (Lipinski definition) is 1. The monoisotopic (exact) mass is 407 g/mol. The Morgan fingerprint density at radius 2 is 1.97 bits per heavy atom. The van der Waals surface area contributed by atoms with E-state index < -0.39 is 5.97 Å². The predicted octanol–water partition coefficient (Wildman–Crippen LogP) is 2.81. The van der Waals surface area contributed by atoms with Gasteiger partial charge < -0.3 is 14.8 Å². The molecule has 3 aromatic rings. The molecule has 3 heterocycles. The normalized spacial score (nSPS) is 14.4. The number of morpholine rings is 1.